The van der Waals surface area contributed by atoms with Gasteiger partial charge in [-0.3, -0.25) is 4.79 Å². The molecule has 3 nitrogen and oxygen atoms in total. The lowest BCUT2D eigenvalue weighted by molar-refractivity contribution is -0.130. The fourth-order valence-corrected chi connectivity index (χ4v) is 3.26. The molecule has 0 aromatic rings. The molecule has 2 aliphatic rings. The number of amides is 1. The van der Waals surface area contributed by atoms with Crippen LogP contribution in [0.1, 0.15) is 59.8 Å². The molecule has 2 fully saturated rings. The van der Waals surface area contributed by atoms with Crippen LogP contribution in [0.2, 0.25) is 0 Å². The van der Waals surface area contributed by atoms with E-state index in [-0.39, 0.29) is 22.8 Å². The van der Waals surface area contributed by atoms with Gasteiger partial charge in [0.25, 0.3) is 0 Å². The zero-order valence-corrected chi connectivity index (χ0v) is 12.3. The minimum absolute atomic E-state index is 0.0386. The Morgan fingerprint density at radius 1 is 1.33 bits per heavy atom. The zero-order valence-electron chi connectivity index (χ0n) is 12.3. The van der Waals surface area contributed by atoms with Crippen molar-refractivity contribution in [1.29, 1.82) is 0 Å². The van der Waals surface area contributed by atoms with Crippen molar-refractivity contribution in [3.05, 3.63) is 0 Å². The maximum atomic E-state index is 12.5. The van der Waals surface area contributed by atoms with Gasteiger partial charge in [-0.1, -0.05) is 40.5 Å². The van der Waals surface area contributed by atoms with Crippen molar-refractivity contribution < 1.29 is 4.79 Å². The van der Waals surface area contributed by atoms with Crippen LogP contribution < -0.4 is 10.6 Å². The summed E-state index contributed by atoms with van der Waals surface area (Å²) in [5.41, 5.74) is 0.0891. The van der Waals surface area contributed by atoms with E-state index in [1.165, 1.54) is 19.3 Å². The summed E-state index contributed by atoms with van der Waals surface area (Å²) in [6.45, 7) is 9.52. The molecular formula is C15H28N2O. The fourth-order valence-electron chi connectivity index (χ4n) is 3.26. The van der Waals surface area contributed by atoms with E-state index in [2.05, 4.69) is 31.4 Å². The molecule has 0 spiro atoms. The molecule has 1 aliphatic heterocycles. The molecule has 1 aliphatic carbocycles. The van der Waals surface area contributed by atoms with Crippen LogP contribution in [0.15, 0.2) is 0 Å². The highest BCUT2D eigenvalue weighted by atomic mass is 16.2. The van der Waals surface area contributed by atoms with Gasteiger partial charge in [0.2, 0.25) is 5.91 Å². The topological polar surface area (TPSA) is 41.1 Å². The summed E-state index contributed by atoms with van der Waals surface area (Å²) in [5.74, 6) is 0.299. The van der Waals surface area contributed by atoms with Gasteiger partial charge in [-0.25, -0.2) is 0 Å². The fraction of sp³-hybridized carbons (Fsp3) is 0.933. The number of hydrogen-bond acceptors (Lipinski definition) is 2. The molecule has 0 aromatic heterocycles. The molecule has 18 heavy (non-hydrogen) atoms. The lowest BCUT2D eigenvalue weighted by atomic mass is 9.76. The Morgan fingerprint density at radius 2 is 2.06 bits per heavy atom. The van der Waals surface area contributed by atoms with E-state index in [4.69, 9.17) is 0 Å². The number of carbonyl (C=O) groups excluding carboxylic acids is 1. The van der Waals surface area contributed by atoms with Crippen LogP contribution in [0.25, 0.3) is 0 Å². The molecular weight excluding hydrogens is 224 g/mol. The van der Waals surface area contributed by atoms with Gasteiger partial charge in [0, 0.05) is 12.0 Å². The quantitative estimate of drug-likeness (QED) is 0.792. The first-order valence-electron chi connectivity index (χ1n) is 7.41. The average molecular weight is 252 g/mol. The third-order valence-corrected chi connectivity index (χ3v) is 5.06. The summed E-state index contributed by atoms with van der Waals surface area (Å²) in [7, 11) is 0. The summed E-state index contributed by atoms with van der Waals surface area (Å²) in [6, 6.07) is 0.502. The predicted molar refractivity (Wildman–Crippen MR) is 74.4 cm³/mol. The monoisotopic (exact) mass is 252 g/mol. The van der Waals surface area contributed by atoms with Crippen LogP contribution in [-0.4, -0.2) is 24.0 Å². The Labute approximate surface area is 111 Å². The molecule has 3 atom stereocenters. The number of hydrogen-bond donors (Lipinski definition) is 2. The van der Waals surface area contributed by atoms with Crippen LogP contribution in [0, 0.1) is 11.3 Å². The molecule has 1 saturated heterocycles. The van der Waals surface area contributed by atoms with Crippen LogP contribution >= 0.6 is 0 Å². The van der Waals surface area contributed by atoms with Crippen LogP contribution in [-0.2, 0) is 4.79 Å². The van der Waals surface area contributed by atoms with Crippen molar-refractivity contribution >= 4 is 5.91 Å². The third-order valence-electron chi connectivity index (χ3n) is 5.06. The molecule has 2 N–H and O–H groups in total. The van der Waals surface area contributed by atoms with Crippen molar-refractivity contribution in [2.45, 2.75) is 71.4 Å². The summed E-state index contributed by atoms with van der Waals surface area (Å²) in [5, 5.41) is 6.97. The molecule has 1 amide bonds. The molecule has 2 rings (SSSR count). The molecule has 0 radical (unpaired) electrons. The predicted octanol–water partition coefficient (Wildman–Crippen LogP) is 2.46. The van der Waals surface area contributed by atoms with E-state index < -0.39 is 0 Å². The average Bonchev–Trinajstić information content (AvgIpc) is 2.69. The van der Waals surface area contributed by atoms with Gasteiger partial charge in [0.05, 0.1) is 5.54 Å². The zero-order chi connectivity index (χ0) is 13.4. The van der Waals surface area contributed by atoms with E-state index in [1.807, 2.05) is 6.92 Å². The Morgan fingerprint density at radius 3 is 2.72 bits per heavy atom. The second kappa shape index (κ2) is 4.84. The van der Waals surface area contributed by atoms with Crippen molar-refractivity contribution in [3.8, 4) is 0 Å². The Kier molecular flexibility index (Phi) is 3.72. The summed E-state index contributed by atoms with van der Waals surface area (Å²) in [4.78, 5) is 12.5. The van der Waals surface area contributed by atoms with E-state index in [0.29, 0.717) is 6.04 Å². The molecule has 1 saturated carbocycles. The largest absolute Gasteiger partial charge is 0.349 e. The standard InChI is InChI=1S/C15H28N2O/c1-11(14(2,3)4)13(18)17-15-8-6-5-7-12(15)16-10-9-15/h11-12,16H,5-10H2,1-4H3,(H,17,18). The second-order valence-electron chi connectivity index (χ2n) is 7.24. The maximum Gasteiger partial charge on any atom is 0.223 e. The Hall–Kier alpha value is -0.570. The first-order chi connectivity index (χ1) is 8.35. The lowest BCUT2D eigenvalue weighted by Crippen LogP contribution is -2.59. The SMILES string of the molecule is CC(C(=O)NC12CCCCC1NCC2)C(C)(C)C. The molecule has 104 valence electrons. The number of fused-ring (bicyclic) bond motifs is 1. The van der Waals surface area contributed by atoms with Gasteiger partial charge in [-0.05, 0) is 31.2 Å². The molecule has 1 heterocycles. The van der Waals surface area contributed by atoms with Gasteiger partial charge in [0.1, 0.15) is 0 Å². The third kappa shape index (κ3) is 2.56. The summed E-state index contributed by atoms with van der Waals surface area (Å²) >= 11 is 0. The van der Waals surface area contributed by atoms with Gasteiger partial charge in [-0.15, -0.1) is 0 Å². The van der Waals surface area contributed by atoms with E-state index in [1.54, 1.807) is 0 Å². The summed E-state index contributed by atoms with van der Waals surface area (Å²) in [6.07, 6.45) is 6.00. The van der Waals surface area contributed by atoms with E-state index in [9.17, 15) is 4.79 Å². The van der Waals surface area contributed by atoms with Crippen LogP contribution in [0.3, 0.4) is 0 Å². The van der Waals surface area contributed by atoms with E-state index >= 15 is 0 Å². The van der Waals surface area contributed by atoms with Gasteiger partial charge in [0.15, 0.2) is 0 Å². The molecule has 3 unspecified atom stereocenters. The van der Waals surface area contributed by atoms with Crippen molar-refractivity contribution in [3.63, 3.8) is 0 Å². The van der Waals surface area contributed by atoms with Crippen LogP contribution in [0.5, 0.6) is 0 Å². The Balaban J connectivity index is 2.05. The minimum atomic E-state index is 0.0386. The van der Waals surface area contributed by atoms with E-state index in [0.717, 1.165) is 19.4 Å². The van der Waals surface area contributed by atoms with Gasteiger partial charge in [-0.2, -0.15) is 0 Å². The highest BCUT2D eigenvalue weighted by Crippen LogP contribution is 2.36. The van der Waals surface area contributed by atoms with Crippen molar-refractivity contribution in [2.75, 3.05) is 6.54 Å². The maximum absolute atomic E-state index is 12.5. The number of nitrogens with one attached hydrogen (secondary N) is 2. The molecule has 0 bridgehead atoms. The normalized spacial score (nSPS) is 33.9. The van der Waals surface area contributed by atoms with Crippen molar-refractivity contribution in [2.24, 2.45) is 11.3 Å². The van der Waals surface area contributed by atoms with Gasteiger partial charge >= 0.3 is 0 Å². The summed E-state index contributed by atoms with van der Waals surface area (Å²) < 4.78 is 0. The highest BCUT2D eigenvalue weighted by molar-refractivity contribution is 5.80. The number of carbonyl (C=O) groups is 1. The highest BCUT2D eigenvalue weighted by Gasteiger charge is 2.46. The smallest absolute Gasteiger partial charge is 0.223 e. The molecule has 0 aromatic carbocycles. The van der Waals surface area contributed by atoms with Crippen molar-refractivity contribution in [1.82, 2.24) is 10.6 Å². The Bertz CT molecular complexity index is 321. The van der Waals surface area contributed by atoms with Crippen LogP contribution in [0.4, 0.5) is 0 Å². The first kappa shape index (κ1) is 13.9. The second-order valence-corrected chi connectivity index (χ2v) is 7.24. The lowest BCUT2D eigenvalue weighted by Gasteiger charge is -2.41. The molecule has 3 heteroatoms. The minimum Gasteiger partial charge on any atom is -0.349 e. The van der Waals surface area contributed by atoms with Gasteiger partial charge < -0.3 is 10.6 Å². The number of rotatable bonds is 2. The first-order valence-corrected chi connectivity index (χ1v) is 7.41.